The number of benzene rings is 1. The smallest absolute Gasteiger partial charge is 0.363 e. The third-order valence-electron chi connectivity index (χ3n) is 4.45. The van der Waals surface area contributed by atoms with Gasteiger partial charge in [0.2, 0.25) is 0 Å². The van der Waals surface area contributed by atoms with Crippen molar-refractivity contribution in [3.8, 4) is 6.07 Å². The minimum absolute atomic E-state index is 0.152. The van der Waals surface area contributed by atoms with Gasteiger partial charge in [0.05, 0.1) is 17.7 Å². The molecule has 0 unspecified atom stereocenters. The molecule has 0 aliphatic heterocycles. The van der Waals surface area contributed by atoms with Crippen molar-refractivity contribution in [2.45, 2.75) is 18.9 Å². The summed E-state index contributed by atoms with van der Waals surface area (Å²) >= 11 is 0. The summed E-state index contributed by atoms with van der Waals surface area (Å²) in [6.07, 6.45) is 1.38. The Morgan fingerprint density at radius 3 is 2.89 bits per heavy atom. The Kier molecular flexibility index (Phi) is 3.70. The van der Waals surface area contributed by atoms with Crippen LogP contribution in [0.4, 0.5) is 0 Å². The predicted octanol–water partition coefficient (Wildman–Crippen LogP) is 0.405. The number of nitrogens with zero attached hydrogens (tertiary/aromatic N) is 4. The third-order valence-corrected chi connectivity index (χ3v) is 4.45. The lowest BCUT2D eigenvalue weighted by Gasteiger charge is -2.14. The van der Waals surface area contributed by atoms with Gasteiger partial charge in [-0.15, -0.1) is 0 Å². The number of carboxylic acid groups (broad SMARTS) is 1. The number of carbonyl (C=O) groups excluding carboxylic acids is 1. The zero-order valence-electron chi connectivity index (χ0n) is 13.8. The second kappa shape index (κ2) is 6.06. The van der Waals surface area contributed by atoms with E-state index in [2.05, 4.69) is 26.5 Å². The molecule has 10 nitrogen and oxygen atoms in total. The number of aromatic amines is 1. The first-order valence-electron chi connectivity index (χ1n) is 8.03. The first-order chi connectivity index (χ1) is 13.0. The molecule has 10 heteroatoms. The average Bonchev–Trinajstić information content (AvgIpc) is 3.22. The van der Waals surface area contributed by atoms with Crippen LogP contribution in [0.2, 0.25) is 0 Å². The molecule has 1 aliphatic carbocycles. The summed E-state index contributed by atoms with van der Waals surface area (Å²) in [5.74, 6) is -2.10. The van der Waals surface area contributed by atoms with Crippen LogP contribution in [-0.2, 0) is 6.42 Å². The van der Waals surface area contributed by atoms with Gasteiger partial charge in [0, 0.05) is 6.07 Å². The van der Waals surface area contributed by atoms with Crippen molar-refractivity contribution in [1.29, 1.82) is 5.26 Å². The van der Waals surface area contributed by atoms with E-state index < -0.39 is 17.6 Å². The van der Waals surface area contributed by atoms with E-state index in [0.29, 0.717) is 12.0 Å². The number of rotatable bonds is 3. The Hall–Kier alpha value is -4.00. The molecule has 0 bridgehead atoms. The van der Waals surface area contributed by atoms with Gasteiger partial charge in [-0.05, 0) is 36.1 Å². The monoisotopic (exact) mass is 364 g/mol. The highest BCUT2D eigenvalue weighted by Gasteiger charge is 2.26. The van der Waals surface area contributed by atoms with Crippen LogP contribution >= 0.6 is 0 Å². The molecule has 0 radical (unpaired) electrons. The number of aryl methyl sites for hydroxylation is 1. The minimum Gasteiger partial charge on any atom is -0.477 e. The number of hydrogen-bond donors (Lipinski definition) is 3. The number of nitrogens with one attached hydrogen (secondary N) is 2. The maximum atomic E-state index is 12.6. The summed E-state index contributed by atoms with van der Waals surface area (Å²) in [4.78, 5) is 42.9. The number of carbonyl (C=O) groups is 2. The SMILES string of the molecule is N#Cc1ccc2c(c1)CC[C@@H]2NC(=O)c1cc(C(=O)O)n2[nH]c(=O)nc2n1. The molecule has 1 aliphatic rings. The van der Waals surface area contributed by atoms with Crippen LogP contribution in [0.1, 0.15) is 50.1 Å². The highest BCUT2D eigenvalue weighted by atomic mass is 16.4. The number of carboxylic acids is 1. The van der Waals surface area contributed by atoms with E-state index in [-0.39, 0.29) is 23.2 Å². The Morgan fingerprint density at radius 2 is 2.15 bits per heavy atom. The van der Waals surface area contributed by atoms with Crippen LogP contribution in [0.15, 0.2) is 29.1 Å². The minimum atomic E-state index is -1.33. The molecule has 134 valence electrons. The van der Waals surface area contributed by atoms with Gasteiger partial charge in [-0.25, -0.2) is 24.2 Å². The van der Waals surface area contributed by atoms with E-state index >= 15 is 0 Å². The van der Waals surface area contributed by atoms with Gasteiger partial charge in [-0.2, -0.15) is 10.2 Å². The highest BCUT2D eigenvalue weighted by molar-refractivity contribution is 5.96. The lowest BCUT2D eigenvalue weighted by molar-refractivity contribution is 0.0687. The quantitative estimate of drug-likeness (QED) is 0.608. The fourth-order valence-corrected chi connectivity index (χ4v) is 3.23. The molecular formula is C17H12N6O4. The van der Waals surface area contributed by atoms with E-state index in [9.17, 15) is 19.5 Å². The van der Waals surface area contributed by atoms with Crippen LogP contribution in [0.3, 0.4) is 0 Å². The Balaban J connectivity index is 1.66. The molecule has 0 spiro atoms. The molecule has 0 fully saturated rings. The van der Waals surface area contributed by atoms with Gasteiger partial charge in [0.15, 0.2) is 5.69 Å². The van der Waals surface area contributed by atoms with Crippen LogP contribution in [0, 0.1) is 11.3 Å². The number of H-pyrrole nitrogens is 1. The second-order valence-corrected chi connectivity index (χ2v) is 6.09. The van der Waals surface area contributed by atoms with E-state index in [0.717, 1.165) is 28.1 Å². The average molecular weight is 364 g/mol. The molecule has 2 aromatic heterocycles. The van der Waals surface area contributed by atoms with Gasteiger partial charge < -0.3 is 10.4 Å². The summed E-state index contributed by atoms with van der Waals surface area (Å²) in [5.41, 5.74) is 1.22. The van der Waals surface area contributed by atoms with Crippen molar-refractivity contribution in [3.05, 3.63) is 62.8 Å². The van der Waals surface area contributed by atoms with Crippen LogP contribution in [0.5, 0.6) is 0 Å². The molecule has 3 aromatic rings. The second-order valence-electron chi connectivity index (χ2n) is 6.09. The maximum absolute atomic E-state index is 12.6. The number of aromatic nitrogens is 4. The number of amides is 1. The van der Waals surface area contributed by atoms with Crippen molar-refractivity contribution >= 4 is 17.7 Å². The summed E-state index contributed by atoms with van der Waals surface area (Å²) < 4.78 is 0.912. The van der Waals surface area contributed by atoms with Crippen molar-refractivity contribution < 1.29 is 14.7 Å². The topological polar surface area (TPSA) is 153 Å². The molecule has 0 saturated heterocycles. The standard InChI is InChI=1S/C17H12N6O4/c18-7-8-1-3-10-9(5-8)2-4-11(10)19-14(24)12-6-13(15(25)26)23-16(20-12)21-17(27)22-23/h1,3,5-6,11H,2,4H2,(H,19,24)(H,22,27)(H,25,26)/t11-/m0/s1. The number of nitriles is 1. The summed E-state index contributed by atoms with van der Waals surface area (Å²) in [5, 5.41) is 23.3. The highest BCUT2D eigenvalue weighted by Crippen LogP contribution is 2.31. The van der Waals surface area contributed by atoms with Gasteiger partial charge in [-0.3, -0.25) is 4.79 Å². The fraction of sp³-hybridized carbons (Fsp3) is 0.176. The Morgan fingerprint density at radius 1 is 1.33 bits per heavy atom. The van der Waals surface area contributed by atoms with E-state index in [4.69, 9.17) is 5.26 Å². The van der Waals surface area contributed by atoms with Crippen molar-refractivity contribution in [2.24, 2.45) is 0 Å². The molecule has 2 heterocycles. The Labute approximate surface area is 151 Å². The van der Waals surface area contributed by atoms with Gasteiger partial charge in [0.1, 0.15) is 5.69 Å². The lowest BCUT2D eigenvalue weighted by Crippen LogP contribution is -2.28. The van der Waals surface area contributed by atoms with Crippen LogP contribution < -0.4 is 11.0 Å². The molecular weight excluding hydrogens is 352 g/mol. The van der Waals surface area contributed by atoms with E-state index in [1.807, 2.05) is 0 Å². The summed E-state index contributed by atoms with van der Waals surface area (Å²) in [6, 6.07) is 8.18. The molecule has 0 saturated carbocycles. The third kappa shape index (κ3) is 2.81. The molecule has 1 aromatic carbocycles. The first kappa shape index (κ1) is 16.5. The summed E-state index contributed by atoms with van der Waals surface area (Å²) in [7, 11) is 0. The molecule has 27 heavy (non-hydrogen) atoms. The van der Waals surface area contributed by atoms with Crippen molar-refractivity contribution in [3.63, 3.8) is 0 Å². The molecule has 4 rings (SSSR count). The van der Waals surface area contributed by atoms with E-state index in [1.165, 1.54) is 0 Å². The van der Waals surface area contributed by atoms with Crippen molar-refractivity contribution in [2.75, 3.05) is 0 Å². The van der Waals surface area contributed by atoms with Gasteiger partial charge in [-0.1, -0.05) is 6.07 Å². The molecule has 3 N–H and O–H groups in total. The van der Waals surface area contributed by atoms with Crippen LogP contribution in [0.25, 0.3) is 5.78 Å². The fourth-order valence-electron chi connectivity index (χ4n) is 3.23. The normalized spacial score (nSPS) is 15.3. The largest absolute Gasteiger partial charge is 0.477 e. The lowest BCUT2D eigenvalue weighted by atomic mass is 10.1. The maximum Gasteiger partial charge on any atom is 0.363 e. The number of fused-ring (bicyclic) bond motifs is 2. The predicted molar refractivity (Wildman–Crippen MR) is 90.3 cm³/mol. The number of hydrogen-bond acceptors (Lipinski definition) is 6. The zero-order valence-corrected chi connectivity index (χ0v) is 13.8. The zero-order chi connectivity index (χ0) is 19.1. The Bertz CT molecular complexity index is 1200. The summed E-state index contributed by atoms with van der Waals surface area (Å²) in [6.45, 7) is 0. The molecule has 1 amide bonds. The number of aromatic carboxylic acids is 1. The first-order valence-corrected chi connectivity index (χ1v) is 8.03. The van der Waals surface area contributed by atoms with Gasteiger partial charge >= 0.3 is 11.7 Å². The van der Waals surface area contributed by atoms with Crippen molar-refractivity contribution in [1.82, 2.24) is 24.9 Å². The molecule has 1 atom stereocenters. The van der Waals surface area contributed by atoms with Gasteiger partial charge in [0.25, 0.3) is 11.7 Å². The van der Waals surface area contributed by atoms with Crippen LogP contribution in [-0.4, -0.2) is 36.6 Å². The van der Waals surface area contributed by atoms with E-state index in [1.54, 1.807) is 18.2 Å².